The van der Waals surface area contributed by atoms with Crippen LogP contribution in [0.3, 0.4) is 0 Å². The molecular weight excluding hydrogens is 386 g/mol. The number of thiophene rings is 1. The SMILES string of the molecule is O=C(NCc1ccc(C(O)c2ccco2)s1)c1ccc(Oc2ccccc2)cc1. The van der Waals surface area contributed by atoms with Gasteiger partial charge in [0, 0.05) is 15.3 Å². The van der Waals surface area contributed by atoms with Gasteiger partial charge in [-0.2, -0.15) is 0 Å². The minimum Gasteiger partial charge on any atom is -0.466 e. The van der Waals surface area contributed by atoms with Crippen LogP contribution >= 0.6 is 11.3 Å². The molecule has 2 aromatic carbocycles. The summed E-state index contributed by atoms with van der Waals surface area (Å²) < 4.78 is 11.0. The number of hydrogen-bond acceptors (Lipinski definition) is 5. The number of carbonyl (C=O) groups is 1. The van der Waals surface area contributed by atoms with E-state index < -0.39 is 6.10 Å². The van der Waals surface area contributed by atoms with Crippen LogP contribution in [0.25, 0.3) is 0 Å². The Morgan fingerprint density at radius 3 is 2.45 bits per heavy atom. The lowest BCUT2D eigenvalue weighted by Gasteiger charge is -2.07. The second-order valence-electron chi connectivity index (χ2n) is 6.34. The van der Waals surface area contributed by atoms with Gasteiger partial charge in [-0.25, -0.2) is 0 Å². The number of aliphatic hydroxyl groups excluding tert-OH is 1. The lowest BCUT2D eigenvalue weighted by molar-refractivity contribution is 0.0951. The zero-order valence-electron chi connectivity index (χ0n) is 15.4. The zero-order chi connectivity index (χ0) is 20.1. The third-order valence-electron chi connectivity index (χ3n) is 4.28. The maximum atomic E-state index is 12.4. The molecule has 1 amide bonds. The fraction of sp³-hybridized carbons (Fsp3) is 0.0870. The van der Waals surface area contributed by atoms with E-state index in [0.29, 0.717) is 23.6 Å². The lowest BCUT2D eigenvalue weighted by atomic mass is 10.2. The molecule has 4 rings (SSSR count). The fourth-order valence-corrected chi connectivity index (χ4v) is 3.74. The number of nitrogens with one attached hydrogen (secondary N) is 1. The third-order valence-corrected chi connectivity index (χ3v) is 5.42. The van der Waals surface area contributed by atoms with Gasteiger partial charge in [-0.05, 0) is 60.7 Å². The predicted molar refractivity (Wildman–Crippen MR) is 111 cm³/mol. The van der Waals surface area contributed by atoms with Crippen LogP contribution in [-0.2, 0) is 6.54 Å². The normalized spacial score (nSPS) is 11.8. The average molecular weight is 405 g/mol. The molecule has 0 aliphatic rings. The third kappa shape index (κ3) is 4.74. The minimum absolute atomic E-state index is 0.169. The van der Waals surface area contributed by atoms with Crippen molar-refractivity contribution >= 4 is 17.2 Å². The molecule has 0 radical (unpaired) electrons. The highest BCUT2D eigenvalue weighted by Crippen LogP contribution is 2.28. The van der Waals surface area contributed by atoms with Gasteiger partial charge >= 0.3 is 0 Å². The van der Waals surface area contributed by atoms with E-state index in [2.05, 4.69) is 5.32 Å². The van der Waals surface area contributed by atoms with E-state index in [9.17, 15) is 9.90 Å². The highest BCUT2D eigenvalue weighted by atomic mass is 32.1. The first kappa shape index (κ1) is 19.0. The number of furan rings is 1. The molecule has 29 heavy (non-hydrogen) atoms. The quantitative estimate of drug-likeness (QED) is 0.446. The highest BCUT2D eigenvalue weighted by Gasteiger charge is 2.16. The van der Waals surface area contributed by atoms with Gasteiger partial charge in [0.05, 0.1) is 12.8 Å². The van der Waals surface area contributed by atoms with Crippen molar-refractivity contribution in [1.82, 2.24) is 5.32 Å². The molecule has 0 bridgehead atoms. The maximum Gasteiger partial charge on any atom is 0.251 e. The largest absolute Gasteiger partial charge is 0.466 e. The van der Waals surface area contributed by atoms with Gasteiger partial charge in [0.15, 0.2) is 0 Å². The number of benzene rings is 2. The standard InChI is InChI=1S/C23H19NO4S/c25-22(20-7-4-14-27-20)21-13-12-19(29-21)15-24-23(26)16-8-10-18(11-9-16)28-17-5-2-1-3-6-17/h1-14,22,25H,15H2,(H,24,26). The topological polar surface area (TPSA) is 71.7 Å². The Morgan fingerprint density at radius 1 is 0.966 bits per heavy atom. The zero-order valence-corrected chi connectivity index (χ0v) is 16.3. The molecule has 4 aromatic rings. The molecule has 2 N–H and O–H groups in total. The number of hydrogen-bond donors (Lipinski definition) is 2. The smallest absolute Gasteiger partial charge is 0.251 e. The highest BCUT2D eigenvalue weighted by molar-refractivity contribution is 7.12. The number of aliphatic hydroxyl groups is 1. The first-order chi connectivity index (χ1) is 14.2. The summed E-state index contributed by atoms with van der Waals surface area (Å²) in [5.41, 5.74) is 0.554. The maximum absolute atomic E-state index is 12.4. The summed E-state index contributed by atoms with van der Waals surface area (Å²) in [6.07, 6.45) is 0.736. The summed E-state index contributed by atoms with van der Waals surface area (Å²) in [7, 11) is 0. The first-order valence-electron chi connectivity index (χ1n) is 9.10. The Bertz CT molecular complexity index is 1060. The molecule has 0 aliphatic heterocycles. The van der Waals surface area contributed by atoms with E-state index in [1.165, 1.54) is 17.6 Å². The summed E-state index contributed by atoms with van der Waals surface area (Å²) in [5, 5.41) is 13.2. The van der Waals surface area contributed by atoms with Crippen LogP contribution in [0.15, 0.2) is 89.5 Å². The second kappa shape index (κ2) is 8.77. The molecule has 1 unspecified atom stereocenters. The summed E-state index contributed by atoms with van der Waals surface area (Å²) >= 11 is 1.44. The van der Waals surface area contributed by atoms with Crippen molar-refractivity contribution in [3.05, 3.63) is 106 Å². The van der Waals surface area contributed by atoms with E-state index in [0.717, 1.165) is 15.5 Å². The Labute approximate surface area is 172 Å². The molecule has 0 spiro atoms. The molecule has 0 aliphatic carbocycles. The molecule has 6 heteroatoms. The summed E-state index contributed by atoms with van der Waals surface area (Å²) in [5.74, 6) is 1.75. The van der Waals surface area contributed by atoms with Crippen molar-refractivity contribution in [2.45, 2.75) is 12.6 Å². The molecule has 5 nitrogen and oxygen atoms in total. The van der Waals surface area contributed by atoms with E-state index in [-0.39, 0.29) is 5.91 Å². The second-order valence-corrected chi connectivity index (χ2v) is 7.54. The van der Waals surface area contributed by atoms with Crippen molar-refractivity contribution in [2.24, 2.45) is 0 Å². The van der Waals surface area contributed by atoms with Crippen molar-refractivity contribution in [1.29, 1.82) is 0 Å². The van der Waals surface area contributed by atoms with Crippen LogP contribution in [0.5, 0.6) is 11.5 Å². The molecule has 2 aromatic heterocycles. The van der Waals surface area contributed by atoms with Crippen LogP contribution in [0.2, 0.25) is 0 Å². The molecule has 146 valence electrons. The van der Waals surface area contributed by atoms with Crippen LogP contribution in [0.4, 0.5) is 0 Å². The Balaban J connectivity index is 1.33. The summed E-state index contributed by atoms with van der Waals surface area (Å²) in [4.78, 5) is 14.1. The van der Waals surface area contributed by atoms with E-state index in [1.54, 1.807) is 36.4 Å². The molecule has 0 fully saturated rings. The average Bonchev–Trinajstić information content (AvgIpc) is 3.45. The Morgan fingerprint density at radius 2 is 1.72 bits per heavy atom. The molecular formula is C23H19NO4S. The minimum atomic E-state index is -0.795. The summed E-state index contributed by atoms with van der Waals surface area (Å²) in [6.45, 7) is 0.386. The van der Waals surface area contributed by atoms with E-state index >= 15 is 0 Å². The van der Waals surface area contributed by atoms with Gasteiger partial charge in [0.2, 0.25) is 0 Å². The van der Waals surface area contributed by atoms with Gasteiger partial charge in [-0.1, -0.05) is 18.2 Å². The number of rotatable bonds is 7. The van der Waals surface area contributed by atoms with Crippen molar-refractivity contribution in [2.75, 3.05) is 0 Å². The van der Waals surface area contributed by atoms with Crippen molar-refractivity contribution < 1.29 is 19.1 Å². The fourth-order valence-electron chi connectivity index (χ4n) is 2.79. The van der Waals surface area contributed by atoms with Crippen molar-refractivity contribution in [3.63, 3.8) is 0 Å². The van der Waals surface area contributed by atoms with Crippen LogP contribution in [0.1, 0.15) is 32.0 Å². The van der Waals surface area contributed by atoms with Crippen molar-refractivity contribution in [3.8, 4) is 11.5 Å². The van der Waals surface area contributed by atoms with Gasteiger partial charge < -0.3 is 19.6 Å². The first-order valence-corrected chi connectivity index (χ1v) is 9.92. The lowest BCUT2D eigenvalue weighted by Crippen LogP contribution is -2.22. The monoisotopic (exact) mass is 405 g/mol. The van der Waals surface area contributed by atoms with Gasteiger partial charge in [-0.15, -0.1) is 11.3 Å². The number of ether oxygens (including phenoxy) is 1. The number of amides is 1. The van der Waals surface area contributed by atoms with Crippen LogP contribution < -0.4 is 10.1 Å². The van der Waals surface area contributed by atoms with E-state index in [4.69, 9.17) is 9.15 Å². The van der Waals surface area contributed by atoms with E-state index in [1.807, 2.05) is 42.5 Å². The predicted octanol–water partition coefficient (Wildman–Crippen LogP) is 5.15. The summed E-state index contributed by atoms with van der Waals surface area (Å²) in [6, 6.07) is 23.7. The van der Waals surface area contributed by atoms with Crippen LogP contribution in [-0.4, -0.2) is 11.0 Å². The van der Waals surface area contributed by atoms with Gasteiger partial charge in [0.1, 0.15) is 23.4 Å². The Hall–Kier alpha value is -3.35. The van der Waals surface area contributed by atoms with Crippen LogP contribution in [0, 0.1) is 0 Å². The number of para-hydroxylation sites is 1. The molecule has 0 saturated carbocycles. The van der Waals surface area contributed by atoms with Gasteiger partial charge in [0.25, 0.3) is 5.91 Å². The number of carbonyl (C=O) groups excluding carboxylic acids is 1. The molecule has 1 atom stereocenters. The molecule has 2 heterocycles. The van der Waals surface area contributed by atoms with Gasteiger partial charge in [-0.3, -0.25) is 4.79 Å². The Kier molecular flexibility index (Phi) is 5.74. The molecule has 0 saturated heterocycles.